The predicted octanol–water partition coefficient (Wildman–Crippen LogP) is 4.56. The van der Waals surface area contributed by atoms with Crippen LogP contribution < -0.4 is 4.74 Å². The van der Waals surface area contributed by atoms with Crippen molar-refractivity contribution in [3.63, 3.8) is 0 Å². The van der Waals surface area contributed by atoms with Crippen LogP contribution in [0.25, 0.3) is 0 Å². The fourth-order valence-electron chi connectivity index (χ4n) is 1.44. The number of carboxylic acid groups (broad SMARTS) is 1. The third-order valence-corrected chi connectivity index (χ3v) is 3.38. The number of carboxylic acids is 1. The van der Waals surface area contributed by atoms with Crippen LogP contribution in [0.15, 0.2) is 21.1 Å². The van der Waals surface area contributed by atoms with Crippen molar-refractivity contribution in [2.45, 2.75) is 12.4 Å². The molecule has 0 bridgehead atoms. The minimum absolute atomic E-state index is 0.143. The minimum Gasteiger partial charge on any atom is -0.478 e. The van der Waals surface area contributed by atoms with Crippen LogP contribution in [0.3, 0.4) is 0 Å². The molecule has 0 atom stereocenters. The van der Waals surface area contributed by atoms with E-state index in [1.165, 1.54) is 0 Å². The number of hydrogen-bond acceptors (Lipinski definition) is 3. The number of carbonyl (C=O) groups is 2. The van der Waals surface area contributed by atoms with Crippen LogP contribution in [0.5, 0.6) is 5.75 Å². The van der Waals surface area contributed by atoms with Gasteiger partial charge in [0.2, 0.25) is 5.92 Å². The Labute approximate surface area is 140 Å². The summed E-state index contributed by atoms with van der Waals surface area (Å²) in [6.07, 6.45) is -11.9. The van der Waals surface area contributed by atoms with E-state index in [0.717, 1.165) is 12.1 Å². The number of halogens is 8. The molecule has 0 spiro atoms. The Morgan fingerprint density at radius 3 is 1.91 bits per heavy atom. The molecule has 12 heteroatoms. The quantitative estimate of drug-likeness (QED) is 0.397. The smallest absolute Gasteiger partial charge is 0.411 e. The first kappa shape index (κ1) is 19.7. The Morgan fingerprint density at radius 2 is 1.52 bits per heavy atom. The van der Waals surface area contributed by atoms with Gasteiger partial charge in [0.1, 0.15) is 5.56 Å². The summed E-state index contributed by atoms with van der Waals surface area (Å²) in [6.45, 7) is 0. The van der Waals surface area contributed by atoms with Crippen LogP contribution in [0, 0.1) is 5.92 Å². The monoisotopic (exact) mass is 472 g/mol. The van der Waals surface area contributed by atoms with Crippen molar-refractivity contribution in [1.29, 1.82) is 0 Å². The van der Waals surface area contributed by atoms with Gasteiger partial charge in [0.05, 0.1) is 4.47 Å². The van der Waals surface area contributed by atoms with E-state index in [1.807, 2.05) is 0 Å². The average molecular weight is 474 g/mol. The van der Waals surface area contributed by atoms with E-state index < -0.39 is 41.5 Å². The van der Waals surface area contributed by atoms with Gasteiger partial charge in [-0.2, -0.15) is 26.3 Å². The molecule has 0 aliphatic rings. The highest BCUT2D eigenvalue weighted by Gasteiger charge is 2.62. The summed E-state index contributed by atoms with van der Waals surface area (Å²) in [7, 11) is 0. The van der Waals surface area contributed by atoms with E-state index in [1.54, 1.807) is 0 Å². The van der Waals surface area contributed by atoms with Crippen molar-refractivity contribution in [2.75, 3.05) is 0 Å². The number of esters is 1. The maximum atomic E-state index is 12.4. The third-order valence-electron chi connectivity index (χ3n) is 2.33. The number of hydrogen-bond donors (Lipinski definition) is 1. The molecule has 1 rings (SSSR count). The summed E-state index contributed by atoms with van der Waals surface area (Å²) in [6, 6.07) is 1.94. The van der Waals surface area contributed by atoms with Crippen LogP contribution in [-0.2, 0) is 4.79 Å². The fraction of sp³-hybridized carbons (Fsp3) is 0.273. The lowest BCUT2D eigenvalue weighted by Crippen LogP contribution is -2.44. The largest absolute Gasteiger partial charge is 0.478 e. The van der Waals surface area contributed by atoms with Crippen LogP contribution >= 0.6 is 31.9 Å². The van der Waals surface area contributed by atoms with Gasteiger partial charge in [0.15, 0.2) is 5.75 Å². The molecule has 1 N–H and O–H groups in total. The molecule has 4 nitrogen and oxygen atoms in total. The van der Waals surface area contributed by atoms with Gasteiger partial charge in [-0.25, -0.2) is 4.79 Å². The summed E-state index contributed by atoms with van der Waals surface area (Å²) >= 11 is 5.59. The van der Waals surface area contributed by atoms with Gasteiger partial charge < -0.3 is 9.84 Å². The lowest BCUT2D eigenvalue weighted by molar-refractivity contribution is -0.279. The second-order valence-corrected chi connectivity index (χ2v) is 5.78. The summed E-state index contributed by atoms with van der Waals surface area (Å²) in [5.74, 6) is -9.77. The van der Waals surface area contributed by atoms with Crippen molar-refractivity contribution in [3.05, 3.63) is 26.6 Å². The molecule has 1 aromatic rings. The first-order chi connectivity index (χ1) is 10.2. The molecule has 0 saturated carbocycles. The Hall–Kier alpha value is -1.30. The van der Waals surface area contributed by atoms with Crippen molar-refractivity contribution in [2.24, 2.45) is 5.92 Å². The maximum absolute atomic E-state index is 12.4. The average Bonchev–Trinajstić information content (AvgIpc) is 2.27. The van der Waals surface area contributed by atoms with Gasteiger partial charge in [0.25, 0.3) is 0 Å². The molecule has 0 saturated heterocycles. The molecule has 0 amide bonds. The Kier molecular flexibility index (Phi) is 5.73. The van der Waals surface area contributed by atoms with Crippen LogP contribution in [0.2, 0.25) is 0 Å². The van der Waals surface area contributed by atoms with Crippen molar-refractivity contribution in [3.8, 4) is 5.75 Å². The lowest BCUT2D eigenvalue weighted by atomic mass is 10.1. The molecule has 23 heavy (non-hydrogen) atoms. The van der Waals surface area contributed by atoms with Crippen LogP contribution in [0.1, 0.15) is 10.4 Å². The van der Waals surface area contributed by atoms with Crippen molar-refractivity contribution in [1.82, 2.24) is 0 Å². The third kappa shape index (κ3) is 4.83. The number of alkyl halides is 6. The summed E-state index contributed by atoms with van der Waals surface area (Å²) in [5, 5.41) is 8.91. The van der Waals surface area contributed by atoms with E-state index in [4.69, 9.17) is 5.11 Å². The van der Waals surface area contributed by atoms with E-state index in [-0.39, 0.29) is 8.95 Å². The predicted molar refractivity (Wildman–Crippen MR) is 70.0 cm³/mol. The zero-order valence-electron chi connectivity index (χ0n) is 10.4. The molecule has 0 aliphatic heterocycles. The van der Waals surface area contributed by atoms with Crippen molar-refractivity contribution < 1.29 is 45.8 Å². The zero-order chi connectivity index (χ0) is 18.2. The van der Waals surface area contributed by atoms with Crippen molar-refractivity contribution >= 4 is 43.8 Å². The van der Waals surface area contributed by atoms with Crippen LogP contribution in [-0.4, -0.2) is 29.4 Å². The molecule has 1 aromatic carbocycles. The minimum atomic E-state index is -5.94. The second kappa shape index (κ2) is 6.67. The van der Waals surface area contributed by atoms with E-state index in [9.17, 15) is 35.9 Å². The molecular formula is C11H4Br2F6O4. The fourth-order valence-corrected chi connectivity index (χ4v) is 2.74. The highest BCUT2D eigenvalue weighted by atomic mass is 79.9. The molecule has 0 fully saturated rings. The highest BCUT2D eigenvalue weighted by molar-refractivity contribution is 9.11. The number of aromatic carboxylic acids is 1. The molecule has 0 unspecified atom stereocenters. The van der Waals surface area contributed by atoms with Gasteiger partial charge in [-0.1, -0.05) is 15.9 Å². The van der Waals surface area contributed by atoms with E-state index in [2.05, 4.69) is 36.6 Å². The highest BCUT2D eigenvalue weighted by Crippen LogP contribution is 2.41. The first-order valence-corrected chi connectivity index (χ1v) is 6.91. The van der Waals surface area contributed by atoms with Gasteiger partial charge in [0, 0.05) is 4.47 Å². The lowest BCUT2D eigenvalue weighted by Gasteiger charge is -2.21. The molecule has 0 aliphatic carbocycles. The molecule has 0 heterocycles. The normalized spacial score (nSPS) is 12.4. The van der Waals surface area contributed by atoms with Gasteiger partial charge in [-0.3, -0.25) is 4.79 Å². The van der Waals surface area contributed by atoms with Gasteiger partial charge in [-0.05, 0) is 28.1 Å². The van der Waals surface area contributed by atoms with Gasteiger partial charge >= 0.3 is 24.3 Å². The summed E-state index contributed by atoms with van der Waals surface area (Å²) in [4.78, 5) is 22.3. The first-order valence-electron chi connectivity index (χ1n) is 5.32. The topological polar surface area (TPSA) is 63.6 Å². The molecule has 128 valence electrons. The number of benzene rings is 1. The Morgan fingerprint density at radius 1 is 1.04 bits per heavy atom. The maximum Gasteiger partial charge on any atom is 0.411 e. The number of carbonyl (C=O) groups excluding carboxylic acids is 1. The second-order valence-electron chi connectivity index (χ2n) is 4.01. The molecular weight excluding hydrogens is 470 g/mol. The van der Waals surface area contributed by atoms with E-state index >= 15 is 0 Å². The molecule has 0 radical (unpaired) electrons. The zero-order valence-corrected chi connectivity index (χ0v) is 13.6. The van der Waals surface area contributed by atoms with Gasteiger partial charge in [-0.15, -0.1) is 0 Å². The number of rotatable bonds is 3. The standard InChI is InChI=1S/C11H4Br2F6O4/c12-3-1-4(8(20)21)6(5(13)2-3)23-9(22)7(10(14,15)16)11(17,18)19/h1-2,7H,(H,20,21). The molecule has 0 aromatic heterocycles. The Bertz CT molecular complexity index is 627. The number of ether oxygens (including phenoxy) is 1. The Balaban J connectivity index is 3.31. The summed E-state index contributed by atoms with van der Waals surface area (Å²) in [5.41, 5.74) is -0.803. The van der Waals surface area contributed by atoms with E-state index in [0.29, 0.717) is 0 Å². The van der Waals surface area contributed by atoms with Crippen LogP contribution in [0.4, 0.5) is 26.3 Å². The summed E-state index contributed by atoms with van der Waals surface area (Å²) < 4.78 is 78.5. The SMILES string of the molecule is O=C(O)c1cc(Br)cc(Br)c1OC(=O)C(C(F)(F)F)C(F)(F)F.